The van der Waals surface area contributed by atoms with Crippen LogP contribution in [0.5, 0.6) is 0 Å². The van der Waals surface area contributed by atoms with Crippen molar-refractivity contribution in [1.29, 1.82) is 0 Å². The van der Waals surface area contributed by atoms with E-state index in [9.17, 15) is 0 Å². The molecule has 0 aliphatic rings. The van der Waals surface area contributed by atoms with Crippen LogP contribution in [-0.4, -0.2) is 4.99 Å². The summed E-state index contributed by atoms with van der Waals surface area (Å²) >= 11 is 4.36. The zero-order valence-corrected chi connectivity index (χ0v) is 5.71. The minimum atomic E-state index is 0. The lowest BCUT2D eigenvalue weighted by atomic mass is 10.7. The Balaban J connectivity index is 0. The Kier molecular flexibility index (Phi) is 8.04. The molecule has 0 heterocycles. The Morgan fingerprint density at radius 2 is 2.00 bits per heavy atom. The third kappa shape index (κ3) is 8.93. The van der Waals surface area contributed by atoms with Crippen molar-refractivity contribution in [2.45, 2.75) is 0 Å². The summed E-state index contributed by atoms with van der Waals surface area (Å²) in [7, 11) is 0. The molecule has 0 saturated heterocycles. The third-order valence-electron chi connectivity index (χ3n) is 0.201. The fourth-order valence-electron chi connectivity index (χ4n) is 0. The van der Waals surface area contributed by atoms with Gasteiger partial charge in [0.15, 0.2) is 0 Å². The standard InChI is InChI=1S/C3H5NS.BrH/c1-2-3(4)5;/h2H,1H2,(H2,4,5);1H. The molecule has 0 unspecified atom stereocenters. The van der Waals surface area contributed by atoms with Crippen LogP contribution < -0.4 is 5.73 Å². The maximum Gasteiger partial charge on any atom is 0.0955 e. The molecule has 0 rings (SSSR count). The molecule has 0 aliphatic carbocycles. The SMILES string of the molecule is Br.C=CC(N)=S. The fourth-order valence-corrected chi connectivity index (χ4v) is 0. The second-order valence-electron chi connectivity index (χ2n) is 0.606. The molecule has 0 aromatic heterocycles. The second kappa shape index (κ2) is 5.11. The smallest absolute Gasteiger partial charge is 0.0955 e. The Morgan fingerprint density at radius 1 is 1.83 bits per heavy atom. The van der Waals surface area contributed by atoms with Crippen molar-refractivity contribution in [3.05, 3.63) is 12.7 Å². The molecule has 0 aromatic carbocycles. The largest absolute Gasteiger partial charge is 0.390 e. The quantitative estimate of drug-likeness (QED) is 0.467. The average Bonchev–Trinajstić information content (AvgIpc) is 1.38. The molecule has 3 heteroatoms. The van der Waals surface area contributed by atoms with Gasteiger partial charge in [0.2, 0.25) is 0 Å². The minimum absolute atomic E-state index is 0. The molecule has 0 aromatic rings. The van der Waals surface area contributed by atoms with Gasteiger partial charge in [0.25, 0.3) is 0 Å². The Morgan fingerprint density at radius 3 is 2.00 bits per heavy atom. The molecule has 2 N–H and O–H groups in total. The van der Waals surface area contributed by atoms with Gasteiger partial charge in [0.05, 0.1) is 4.99 Å². The number of thiocarbonyl (C=S) groups is 1. The van der Waals surface area contributed by atoms with Gasteiger partial charge in [-0.1, -0.05) is 18.8 Å². The van der Waals surface area contributed by atoms with Crippen LogP contribution in [0.25, 0.3) is 0 Å². The van der Waals surface area contributed by atoms with Crippen LogP contribution >= 0.6 is 29.2 Å². The van der Waals surface area contributed by atoms with Crippen molar-refractivity contribution < 1.29 is 0 Å². The van der Waals surface area contributed by atoms with Crippen LogP contribution in [0.2, 0.25) is 0 Å². The maximum atomic E-state index is 4.91. The van der Waals surface area contributed by atoms with Gasteiger partial charge >= 0.3 is 0 Å². The van der Waals surface area contributed by atoms with Gasteiger partial charge in [-0.05, 0) is 6.08 Å². The van der Waals surface area contributed by atoms with Crippen molar-refractivity contribution in [2.75, 3.05) is 0 Å². The van der Waals surface area contributed by atoms with Crippen LogP contribution in [0.3, 0.4) is 0 Å². The predicted molar refractivity (Wildman–Crippen MR) is 37.3 cm³/mol. The van der Waals surface area contributed by atoms with Crippen molar-refractivity contribution in [3.63, 3.8) is 0 Å². The van der Waals surface area contributed by atoms with Gasteiger partial charge in [-0.2, -0.15) is 0 Å². The zero-order chi connectivity index (χ0) is 4.28. The highest BCUT2D eigenvalue weighted by Gasteiger charge is 1.62. The molecule has 0 spiro atoms. The molecule has 0 amide bonds. The van der Waals surface area contributed by atoms with E-state index >= 15 is 0 Å². The first-order valence-electron chi connectivity index (χ1n) is 1.19. The summed E-state index contributed by atoms with van der Waals surface area (Å²) < 4.78 is 0. The van der Waals surface area contributed by atoms with E-state index in [0.717, 1.165) is 0 Å². The highest BCUT2D eigenvalue weighted by atomic mass is 79.9. The van der Waals surface area contributed by atoms with Gasteiger partial charge in [-0.25, -0.2) is 0 Å². The molecule has 0 radical (unpaired) electrons. The first-order valence-corrected chi connectivity index (χ1v) is 1.60. The molecule has 36 valence electrons. The van der Waals surface area contributed by atoms with Crippen LogP contribution in [0.15, 0.2) is 12.7 Å². The maximum absolute atomic E-state index is 4.91. The van der Waals surface area contributed by atoms with E-state index in [1.807, 2.05) is 0 Å². The van der Waals surface area contributed by atoms with E-state index in [-0.39, 0.29) is 17.0 Å². The number of halogens is 1. The molecule has 6 heavy (non-hydrogen) atoms. The van der Waals surface area contributed by atoms with Gasteiger partial charge in [0.1, 0.15) is 0 Å². The lowest BCUT2D eigenvalue weighted by Gasteiger charge is -1.70. The highest BCUT2D eigenvalue weighted by Crippen LogP contribution is 1.58. The predicted octanol–water partition coefficient (Wildman–Crippen LogP) is 1.04. The van der Waals surface area contributed by atoms with Crippen molar-refractivity contribution in [3.8, 4) is 0 Å². The minimum Gasteiger partial charge on any atom is -0.390 e. The molecule has 0 fully saturated rings. The van der Waals surface area contributed by atoms with E-state index in [4.69, 9.17) is 5.73 Å². The molecular formula is C3H6BrNS. The third-order valence-corrected chi connectivity index (χ3v) is 0.368. The molecular weight excluding hydrogens is 162 g/mol. The molecule has 0 bridgehead atoms. The van der Waals surface area contributed by atoms with Crippen LogP contribution in [0.1, 0.15) is 0 Å². The van der Waals surface area contributed by atoms with Crippen LogP contribution in [-0.2, 0) is 0 Å². The summed E-state index contributed by atoms with van der Waals surface area (Å²) in [6, 6.07) is 0. The van der Waals surface area contributed by atoms with E-state index in [2.05, 4.69) is 18.8 Å². The summed E-state index contributed by atoms with van der Waals surface area (Å²) in [6.45, 7) is 3.29. The van der Waals surface area contributed by atoms with Crippen LogP contribution in [0, 0.1) is 0 Å². The Bertz CT molecular complexity index is 61.8. The van der Waals surface area contributed by atoms with Crippen molar-refractivity contribution in [2.24, 2.45) is 5.73 Å². The first-order chi connectivity index (χ1) is 2.27. The van der Waals surface area contributed by atoms with Gasteiger partial charge < -0.3 is 5.73 Å². The summed E-state index contributed by atoms with van der Waals surface area (Å²) in [4.78, 5) is 0.352. The normalized spacial score (nSPS) is 5.33. The first kappa shape index (κ1) is 9.44. The summed E-state index contributed by atoms with van der Waals surface area (Å²) in [5.41, 5.74) is 4.91. The number of nitrogens with two attached hydrogens (primary N) is 1. The van der Waals surface area contributed by atoms with E-state index in [1.54, 1.807) is 0 Å². The number of hydrogen-bond acceptors (Lipinski definition) is 1. The molecule has 0 aliphatic heterocycles. The van der Waals surface area contributed by atoms with Gasteiger partial charge in [-0.3, -0.25) is 0 Å². The summed E-state index contributed by atoms with van der Waals surface area (Å²) in [6.07, 6.45) is 1.43. The number of hydrogen-bond donors (Lipinski definition) is 1. The van der Waals surface area contributed by atoms with Crippen molar-refractivity contribution >= 4 is 34.2 Å². The van der Waals surface area contributed by atoms with E-state index < -0.39 is 0 Å². The monoisotopic (exact) mass is 167 g/mol. The zero-order valence-electron chi connectivity index (χ0n) is 3.18. The molecule has 0 atom stereocenters. The number of rotatable bonds is 1. The second-order valence-corrected chi connectivity index (χ2v) is 1.08. The summed E-state index contributed by atoms with van der Waals surface area (Å²) in [5.74, 6) is 0. The summed E-state index contributed by atoms with van der Waals surface area (Å²) in [5, 5.41) is 0. The van der Waals surface area contributed by atoms with Crippen LogP contribution in [0.4, 0.5) is 0 Å². The molecule has 0 saturated carbocycles. The van der Waals surface area contributed by atoms with Crippen molar-refractivity contribution in [1.82, 2.24) is 0 Å². The molecule has 1 nitrogen and oxygen atoms in total. The lowest BCUT2D eigenvalue weighted by Crippen LogP contribution is -2.00. The Labute approximate surface area is 53.0 Å². The average molecular weight is 168 g/mol. The topological polar surface area (TPSA) is 26.0 Å². The van der Waals surface area contributed by atoms with Gasteiger partial charge in [-0.15, -0.1) is 17.0 Å². The Hall–Kier alpha value is 0.110. The fraction of sp³-hybridized carbons (Fsp3) is 0. The highest BCUT2D eigenvalue weighted by molar-refractivity contribution is 8.93. The lowest BCUT2D eigenvalue weighted by molar-refractivity contribution is 1.84. The van der Waals surface area contributed by atoms with E-state index in [0.29, 0.717) is 4.99 Å². The van der Waals surface area contributed by atoms with Gasteiger partial charge in [0, 0.05) is 0 Å². The van der Waals surface area contributed by atoms with E-state index in [1.165, 1.54) is 6.08 Å².